The molecule has 0 spiro atoms. The average molecular weight is 160 g/mol. The monoisotopic (exact) mass is 160 g/mol. The first kappa shape index (κ1) is 6.91. The summed E-state index contributed by atoms with van der Waals surface area (Å²) in [7, 11) is 0. The summed E-state index contributed by atoms with van der Waals surface area (Å²) in [5, 5.41) is 3.59. The average Bonchev–Trinajstić information content (AvgIpc) is 2.59. The number of hydrogen-bond acceptors (Lipinski definition) is 3. The molecule has 1 radical (unpaired) electrons. The van der Waals surface area contributed by atoms with Gasteiger partial charge in [0.25, 0.3) is 5.88 Å². The maximum atomic E-state index is 5.26. The van der Waals surface area contributed by atoms with E-state index in [1.807, 2.05) is 12.1 Å². The van der Waals surface area contributed by atoms with Crippen molar-refractivity contribution >= 4 is 0 Å². The minimum Gasteiger partial charge on any atom is -0.436 e. The number of ether oxygens (including phenoxy) is 1. The molecule has 3 nitrogen and oxygen atoms in total. The van der Waals surface area contributed by atoms with Crippen molar-refractivity contribution in [2.45, 2.75) is 0 Å². The number of benzene rings is 1. The Bertz CT molecular complexity index is 329. The highest BCUT2D eigenvalue weighted by atomic mass is 16.5. The Labute approximate surface area is 69.6 Å². The van der Waals surface area contributed by atoms with E-state index in [-0.39, 0.29) is 0 Å². The van der Waals surface area contributed by atoms with E-state index in [1.54, 1.807) is 18.2 Å². The lowest BCUT2D eigenvalue weighted by Crippen LogP contribution is -1.82. The summed E-state index contributed by atoms with van der Waals surface area (Å²) in [6.45, 7) is 0. The van der Waals surface area contributed by atoms with Crippen molar-refractivity contribution in [3.05, 3.63) is 42.7 Å². The summed E-state index contributed by atoms with van der Waals surface area (Å²) in [4.78, 5) is 0. The molecule has 1 heterocycles. The molecule has 0 N–H and O–H groups in total. The lowest BCUT2D eigenvalue weighted by atomic mass is 10.3. The number of aromatic nitrogens is 1. The first-order valence-corrected chi connectivity index (χ1v) is 3.50. The van der Waals surface area contributed by atoms with Crippen LogP contribution < -0.4 is 4.74 Å². The van der Waals surface area contributed by atoms with E-state index in [1.165, 1.54) is 6.26 Å². The second-order valence-corrected chi connectivity index (χ2v) is 2.17. The fourth-order valence-electron chi connectivity index (χ4n) is 0.807. The molecular weight excluding hydrogens is 154 g/mol. The largest absolute Gasteiger partial charge is 0.436 e. The minimum absolute atomic E-state index is 0.442. The fourth-order valence-corrected chi connectivity index (χ4v) is 0.807. The molecule has 12 heavy (non-hydrogen) atoms. The Balaban J connectivity index is 2.15. The molecule has 1 aromatic carbocycles. The van der Waals surface area contributed by atoms with Crippen LogP contribution in [0.1, 0.15) is 0 Å². The maximum Gasteiger partial charge on any atom is 0.259 e. The van der Waals surface area contributed by atoms with Gasteiger partial charge in [0.15, 0.2) is 0 Å². The highest BCUT2D eigenvalue weighted by Crippen LogP contribution is 2.17. The molecule has 2 rings (SSSR count). The van der Waals surface area contributed by atoms with Crippen molar-refractivity contribution in [2.24, 2.45) is 0 Å². The van der Waals surface area contributed by atoms with E-state index in [9.17, 15) is 0 Å². The Morgan fingerprint density at radius 1 is 1.33 bits per heavy atom. The van der Waals surface area contributed by atoms with Gasteiger partial charge in [0.2, 0.25) is 0 Å². The lowest BCUT2D eigenvalue weighted by molar-refractivity contribution is 0.366. The van der Waals surface area contributed by atoms with Crippen LogP contribution in [0.4, 0.5) is 0 Å². The third-order valence-electron chi connectivity index (χ3n) is 1.31. The summed E-state index contributed by atoms with van der Waals surface area (Å²) in [5.41, 5.74) is 0. The molecule has 0 atom stereocenters. The van der Waals surface area contributed by atoms with Crippen LogP contribution in [0, 0.1) is 6.07 Å². The molecule has 0 saturated carbocycles. The Hall–Kier alpha value is -1.77. The van der Waals surface area contributed by atoms with Gasteiger partial charge in [-0.05, 0) is 11.2 Å². The molecule has 0 bridgehead atoms. The van der Waals surface area contributed by atoms with E-state index in [0.717, 1.165) is 0 Å². The van der Waals surface area contributed by atoms with Crippen LogP contribution in [0.25, 0.3) is 0 Å². The molecule has 0 saturated heterocycles. The predicted octanol–water partition coefficient (Wildman–Crippen LogP) is 2.27. The van der Waals surface area contributed by atoms with Crippen LogP contribution in [0.15, 0.2) is 41.1 Å². The van der Waals surface area contributed by atoms with Crippen LogP contribution in [0.2, 0.25) is 0 Å². The summed E-state index contributed by atoms with van der Waals surface area (Å²) in [6, 6.07) is 11.9. The molecule has 59 valence electrons. The van der Waals surface area contributed by atoms with Gasteiger partial charge < -0.3 is 9.26 Å². The Morgan fingerprint density at radius 2 is 2.33 bits per heavy atom. The molecule has 0 fully saturated rings. The minimum atomic E-state index is 0.442. The third kappa shape index (κ3) is 1.45. The first-order chi connectivity index (χ1) is 5.95. The number of hydrogen-bond donors (Lipinski definition) is 0. The summed E-state index contributed by atoms with van der Waals surface area (Å²) >= 11 is 0. The van der Waals surface area contributed by atoms with Crippen LogP contribution in [-0.4, -0.2) is 5.16 Å². The van der Waals surface area contributed by atoms with Crippen LogP contribution in [-0.2, 0) is 0 Å². The van der Waals surface area contributed by atoms with E-state index in [4.69, 9.17) is 4.74 Å². The number of para-hydroxylation sites is 1. The van der Waals surface area contributed by atoms with Crippen LogP contribution in [0.5, 0.6) is 11.6 Å². The molecule has 0 aliphatic carbocycles. The van der Waals surface area contributed by atoms with Crippen LogP contribution >= 0.6 is 0 Å². The van der Waals surface area contributed by atoms with Gasteiger partial charge in [-0.25, -0.2) is 0 Å². The van der Waals surface area contributed by atoms with Gasteiger partial charge in [0.05, 0.1) is 0 Å². The summed E-state index contributed by atoms with van der Waals surface area (Å²) in [5.74, 6) is 1.07. The quantitative estimate of drug-likeness (QED) is 0.675. The second kappa shape index (κ2) is 3.09. The zero-order chi connectivity index (χ0) is 8.23. The SMILES string of the molecule is [c]1ccccc1Oc1ccon1. The highest BCUT2D eigenvalue weighted by molar-refractivity contribution is 5.23. The number of rotatable bonds is 2. The predicted molar refractivity (Wildman–Crippen MR) is 41.9 cm³/mol. The van der Waals surface area contributed by atoms with Gasteiger partial charge in [-0.1, -0.05) is 18.2 Å². The van der Waals surface area contributed by atoms with Gasteiger partial charge in [0, 0.05) is 12.1 Å². The molecule has 0 aliphatic rings. The van der Waals surface area contributed by atoms with E-state index in [0.29, 0.717) is 11.6 Å². The molecule has 0 amide bonds. The maximum absolute atomic E-state index is 5.26. The molecule has 0 aliphatic heterocycles. The van der Waals surface area contributed by atoms with Crippen molar-refractivity contribution in [1.29, 1.82) is 0 Å². The van der Waals surface area contributed by atoms with Gasteiger partial charge in [-0.15, -0.1) is 0 Å². The normalized spacial score (nSPS) is 9.67. The molecule has 0 unspecified atom stereocenters. The smallest absolute Gasteiger partial charge is 0.259 e. The Kier molecular flexibility index (Phi) is 1.78. The second-order valence-electron chi connectivity index (χ2n) is 2.17. The summed E-state index contributed by atoms with van der Waals surface area (Å²) < 4.78 is 9.86. The summed E-state index contributed by atoms with van der Waals surface area (Å²) in [6.07, 6.45) is 1.46. The molecule has 1 aromatic heterocycles. The van der Waals surface area contributed by atoms with Crippen molar-refractivity contribution < 1.29 is 9.26 Å². The third-order valence-corrected chi connectivity index (χ3v) is 1.31. The van der Waals surface area contributed by atoms with Gasteiger partial charge in [0.1, 0.15) is 12.0 Å². The zero-order valence-corrected chi connectivity index (χ0v) is 6.23. The van der Waals surface area contributed by atoms with Gasteiger partial charge >= 0.3 is 0 Å². The molecule has 3 heteroatoms. The standard InChI is InChI=1S/C9H6NO2/c1-2-4-8(5-3-1)12-9-6-7-11-10-9/h1-4,6-7H. The van der Waals surface area contributed by atoms with Crippen molar-refractivity contribution in [1.82, 2.24) is 5.16 Å². The van der Waals surface area contributed by atoms with E-state index >= 15 is 0 Å². The molecule has 2 aromatic rings. The van der Waals surface area contributed by atoms with E-state index < -0.39 is 0 Å². The van der Waals surface area contributed by atoms with Gasteiger partial charge in [-0.3, -0.25) is 0 Å². The fraction of sp³-hybridized carbons (Fsp3) is 0. The number of nitrogens with zero attached hydrogens (tertiary/aromatic N) is 1. The topological polar surface area (TPSA) is 35.3 Å². The highest BCUT2D eigenvalue weighted by Gasteiger charge is 1.97. The zero-order valence-electron chi connectivity index (χ0n) is 6.23. The Morgan fingerprint density at radius 3 is 3.00 bits per heavy atom. The van der Waals surface area contributed by atoms with Gasteiger partial charge in [-0.2, -0.15) is 0 Å². The van der Waals surface area contributed by atoms with Crippen molar-refractivity contribution in [3.8, 4) is 11.6 Å². The van der Waals surface area contributed by atoms with Crippen LogP contribution in [0.3, 0.4) is 0 Å². The lowest BCUT2D eigenvalue weighted by Gasteiger charge is -1.97. The molecular formula is C9H6NO2. The van der Waals surface area contributed by atoms with Crippen molar-refractivity contribution in [3.63, 3.8) is 0 Å². The first-order valence-electron chi connectivity index (χ1n) is 3.50. The van der Waals surface area contributed by atoms with E-state index in [2.05, 4.69) is 15.7 Å². The van der Waals surface area contributed by atoms with Crippen molar-refractivity contribution in [2.75, 3.05) is 0 Å².